The summed E-state index contributed by atoms with van der Waals surface area (Å²) in [6, 6.07) is 18.7. The zero-order chi connectivity index (χ0) is 28.4. The molecule has 41 heavy (non-hydrogen) atoms. The van der Waals surface area contributed by atoms with Crippen molar-refractivity contribution in [3.63, 3.8) is 0 Å². The fourth-order valence-electron chi connectivity index (χ4n) is 4.83. The van der Waals surface area contributed by atoms with Crippen LogP contribution in [0.2, 0.25) is 0 Å². The van der Waals surface area contributed by atoms with Crippen LogP contribution in [0.1, 0.15) is 129 Å². The number of hydrogen-bond acceptors (Lipinski definition) is 2. The number of aryl methyl sites for hydroxylation is 1. The topological polar surface area (TPSA) is 24.7 Å². The summed E-state index contributed by atoms with van der Waals surface area (Å²) < 4.78 is 0. The molecule has 0 unspecified atom stereocenters. The average Bonchev–Trinajstić information content (AvgIpc) is 2.99. The summed E-state index contributed by atoms with van der Waals surface area (Å²) in [5.41, 5.74) is 4.25. The average molecular weight is 600 g/mol. The van der Waals surface area contributed by atoms with Gasteiger partial charge in [-0.1, -0.05) is 146 Å². The van der Waals surface area contributed by atoms with Gasteiger partial charge in [-0.25, -0.2) is 4.99 Å². The zero-order valence-electron chi connectivity index (χ0n) is 26.0. The minimum absolute atomic E-state index is 0. The fraction of sp³-hybridized carbons (Fsp3) is 0.526. The van der Waals surface area contributed by atoms with Gasteiger partial charge >= 0.3 is 0 Å². The molecule has 228 valence electrons. The number of hydrogen-bond donors (Lipinski definition) is 0. The molecule has 0 heterocycles. The summed E-state index contributed by atoms with van der Waals surface area (Å²) >= 11 is 0. The zero-order valence-corrected chi connectivity index (χ0v) is 27.0. The Hall–Kier alpha value is -2.25. The second-order valence-corrected chi connectivity index (χ2v) is 11.0. The van der Waals surface area contributed by atoms with Gasteiger partial charge in [0.2, 0.25) is 0 Å². The summed E-state index contributed by atoms with van der Waals surface area (Å²) in [4.78, 5) is 9.78. The third-order valence-corrected chi connectivity index (χ3v) is 7.31. The molecule has 3 heteroatoms. The number of aliphatic imine (C=N–C) groups is 2. The van der Waals surface area contributed by atoms with Crippen LogP contribution in [0.25, 0.3) is 0 Å². The predicted octanol–water partition coefficient (Wildman–Crippen LogP) is 12.5. The van der Waals surface area contributed by atoms with Crippen LogP contribution in [0.4, 0.5) is 11.4 Å². The normalized spacial score (nSPS) is 12.1. The van der Waals surface area contributed by atoms with Gasteiger partial charge in [0.25, 0.3) is 0 Å². The van der Waals surface area contributed by atoms with Crippen molar-refractivity contribution < 1.29 is 16.5 Å². The van der Waals surface area contributed by atoms with Crippen LogP contribution in [-0.4, -0.2) is 11.9 Å². The molecule has 0 aliphatic carbocycles. The van der Waals surface area contributed by atoms with E-state index in [4.69, 9.17) is 9.98 Å². The van der Waals surface area contributed by atoms with Crippen molar-refractivity contribution in [3.8, 4) is 0 Å². The maximum absolute atomic E-state index is 5.07. The number of allylic oxidation sites excluding steroid dienone is 4. The minimum atomic E-state index is 0. The third-order valence-electron chi connectivity index (χ3n) is 7.31. The van der Waals surface area contributed by atoms with Gasteiger partial charge in [0, 0.05) is 16.5 Å². The smallest absolute Gasteiger partial charge is 0.0816 e. The Balaban J connectivity index is 0.00000840. The Morgan fingerprint density at radius 2 is 1.15 bits per heavy atom. The van der Waals surface area contributed by atoms with Crippen molar-refractivity contribution >= 4 is 23.3 Å². The molecule has 0 fully saturated rings. The van der Waals surface area contributed by atoms with E-state index in [1.54, 1.807) is 0 Å². The maximum Gasteiger partial charge on any atom is 0.0816 e. The molecule has 0 aromatic heterocycles. The van der Waals surface area contributed by atoms with Gasteiger partial charge in [-0.3, -0.25) is 4.99 Å². The van der Waals surface area contributed by atoms with Crippen LogP contribution in [-0.2, 0) is 22.9 Å². The van der Waals surface area contributed by atoms with Crippen molar-refractivity contribution in [2.24, 2.45) is 9.98 Å². The molecule has 0 bridgehead atoms. The van der Waals surface area contributed by atoms with E-state index in [0.29, 0.717) is 0 Å². The number of para-hydroxylation sites is 2. The summed E-state index contributed by atoms with van der Waals surface area (Å²) in [5.74, 6) is 0. The van der Waals surface area contributed by atoms with Gasteiger partial charge < -0.3 is 0 Å². The molecule has 2 nitrogen and oxygen atoms in total. The Bertz CT molecular complexity index is 990. The van der Waals surface area contributed by atoms with Gasteiger partial charge in [0.05, 0.1) is 23.3 Å². The first-order valence-electron chi connectivity index (χ1n) is 16.4. The molecule has 0 aliphatic rings. The van der Waals surface area contributed by atoms with Crippen molar-refractivity contribution in [2.75, 3.05) is 0 Å². The minimum Gasteiger partial charge on any atom is -0.255 e. The van der Waals surface area contributed by atoms with Gasteiger partial charge in [-0.2, -0.15) is 0 Å². The van der Waals surface area contributed by atoms with Crippen LogP contribution >= 0.6 is 0 Å². The van der Waals surface area contributed by atoms with E-state index in [9.17, 15) is 0 Å². The van der Waals surface area contributed by atoms with Crippen LogP contribution in [0, 0.1) is 0 Å². The number of benzene rings is 2. The summed E-state index contributed by atoms with van der Waals surface area (Å²) in [6.07, 6.45) is 34.4. The Labute approximate surface area is 262 Å². The molecule has 0 amide bonds. The van der Waals surface area contributed by atoms with Crippen LogP contribution in [0.15, 0.2) is 88.9 Å². The van der Waals surface area contributed by atoms with Gasteiger partial charge in [0.15, 0.2) is 0 Å². The number of nitrogens with zero attached hydrogens (tertiary/aromatic N) is 2. The molecular weight excluding hydrogens is 543 g/mol. The number of rotatable bonds is 23. The monoisotopic (exact) mass is 598 g/mol. The standard InChI is InChI=1S/C38H56N2.Ni/c1-3-5-7-9-11-12-13-14-15-16-18-20-23-32-37(34-39-36-30-24-21-25-31-36)40-38-33-27-26-29-35(38)28-22-19-17-10-8-6-4-2;/h10,17,21,23-27,29-34H,3-9,11-16,18-20,22,28H2,1-2H3;. The Morgan fingerprint density at radius 3 is 1.83 bits per heavy atom. The van der Waals surface area contributed by atoms with E-state index in [-0.39, 0.29) is 16.5 Å². The van der Waals surface area contributed by atoms with Crippen molar-refractivity contribution in [1.29, 1.82) is 0 Å². The maximum atomic E-state index is 5.07. The Morgan fingerprint density at radius 1 is 0.585 bits per heavy atom. The summed E-state index contributed by atoms with van der Waals surface area (Å²) in [5, 5.41) is 0. The van der Waals surface area contributed by atoms with Crippen LogP contribution in [0.5, 0.6) is 0 Å². The van der Waals surface area contributed by atoms with Gasteiger partial charge in [-0.05, 0) is 68.4 Å². The van der Waals surface area contributed by atoms with E-state index in [1.165, 1.54) is 95.5 Å². The first-order chi connectivity index (χ1) is 19.8. The third kappa shape index (κ3) is 19.5. The summed E-state index contributed by atoms with van der Waals surface area (Å²) in [7, 11) is 0. The molecule has 0 N–H and O–H groups in total. The molecule has 0 radical (unpaired) electrons. The second-order valence-electron chi connectivity index (χ2n) is 11.0. The molecule has 2 aromatic rings. The molecule has 0 saturated heterocycles. The largest absolute Gasteiger partial charge is 0.255 e. The second kappa shape index (κ2) is 26.6. The molecule has 2 aromatic carbocycles. The van der Waals surface area contributed by atoms with Gasteiger partial charge in [-0.15, -0.1) is 0 Å². The molecule has 0 atom stereocenters. The predicted molar refractivity (Wildman–Crippen MR) is 180 cm³/mol. The molecule has 0 saturated carbocycles. The first kappa shape index (κ1) is 36.8. The summed E-state index contributed by atoms with van der Waals surface area (Å²) in [6.45, 7) is 4.54. The quantitative estimate of drug-likeness (QED) is 0.0525. The van der Waals surface area contributed by atoms with E-state index in [1.807, 2.05) is 36.5 Å². The van der Waals surface area contributed by atoms with E-state index in [0.717, 1.165) is 42.8 Å². The van der Waals surface area contributed by atoms with Crippen LogP contribution < -0.4 is 0 Å². The molecular formula is C38H56N2Ni. The van der Waals surface area contributed by atoms with Crippen molar-refractivity contribution in [1.82, 2.24) is 0 Å². The Kier molecular flexibility index (Phi) is 23.9. The SMILES string of the molecule is CCCCC=CCCCc1ccccc1N=C(C=CCCCCCCCCCCCCC)C=Nc1ccccc1.[Ni]. The molecule has 0 spiro atoms. The fourth-order valence-corrected chi connectivity index (χ4v) is 4.83. The van der Waals surface area contributed by atoms with Crippen molar-refractivity contribution in [3.05, 3.63) is 84.5 Å². The molecule has 0 aliphatic heterocycles. The van der Waals surface area contributed by atoms with E-state index < -0.39 is 0 Å². The first-order valence-corrected chi connectivity index (χ1v) is 16.4. The number of unbranched alkanes of at least 4 members (excludes halogenated alkanes) is 14. The van der Waals surface area contributed by atoms with E-state index >= 15 is 0 Å². The molecule has 2 rings (SSSR count). The van der Waals surface area contributed by atoms with E-state index in [2.05, 4.69) is 62.4 Å². The van der Waals surface area contributed by atoms with Crippen LogP contribution in [0.3, 0.4) is 0 Å². The van der Waals surface area contributed by atoms with Gasteiger partial charge in [0.1, 0.15) is 0 Å². The van der Waals surface area contributed by atoms with Crippen molar-refractivity contribution in [2.45, 2.75) is 129 Å².